The summed E-state index contributed by atoms with van der Waals surface area (Å²) in [6.45, 7) is 2.14. The average molecular weight is 270 g/mol. The van der Waals surface area contributed by atoms with Gasteiger partial charge in [0.25, 0.3) is 0 Å². The highest BCUT2D eigenvalue weighted by molar-refractivity contribution is 7.09. The van der Waals surface area contributed by atoms with Crippen LogP contribution >= 0.6 is 11.3 Å². The summed E-state index contributed by atoms with van der Waals surface area (Å²) in [5.74, 6) is 0. The Hall–Kier alpha value is -2.14. The molecule has 1 unspecified atom stereocenters. The van der Waals surface area contributed by atoms with Gasteiger partial charge in [-0.3, -0.25) is 10.1 Å². The van der Waals surface area contributed by atoms with Crippen molar-refractivity contribution in [2.75, 3.05) is 5.32 Å². The summed E-state index contributed by atoms with van der Waals surface area (Å²) >= 11 is 1.66. The quantitative estimate of drug-likeness (QED) is 0.760. The number of rotatable bonds is 4. The van der Waals surface area contributed by atoms with E-state index >= 15 is 0 Å². The zero-order chi connectivity index (χ0) is 13.1. The van der Waals surface area contributed by atoms with E-state index in [0.29, 0.717) is 0 Å². The van der Waals surface area contributed by atoms with E-state index in [0.717, 1.165) is 16.9 Å². The molecule has 2 heterocycles. The van der Waals surface area contributed by atoms with Gasteiger partial charge in [0.2, 0.25) is 0 Å². The number of nitrogens with one attached hydrogen (secondary N) is 2. The highest BCUT2D eigenvalue weighted by Crippen LogP contribution is 2.24. The molecule has 0 aliphatic heterocycles. The van der Waals surface area contributed by atoms with Gasteiger partial charge in [-0.05, 0) is 30.7 Å². The summed E-state index contributed by atoms with van der Waals surface area (Å²) in [7, 11) is 0. The number of H-pyrrole nitrogens is 1. The maximum absolute atomic E-state index is 4.10. The van der Waals surface area contributed by atoms with Crippen LogP contribution < -0.4 is 5.32 Å². The van der Waals surface area contributed by atoms with Crippen molar-refractivity contribution in [3.05, 3.63) is 53.1 Å². The molecule has 0 radical (unpaired) electrons. The van der Waals surface area contributed by atoms with Crippen LogP contribution in [-0.2, 0) is 0 Å². The van der Waals surface area contributed by atoms with Crippen LogP contribution in [0.5, 0.6) is 0 Å². The predicted octanol–water partition coefficient (Wildman–Crippen LogP) is 3.71. The monoisotopic (exact) mass is 270 g/mol. The van der Waals surface area contributed by atoms with Crippen molar-refractivity contribution >= 4 is 17.0 Å². The van der Waals surface area contributed by atoms with Crippen molar-refractivity contribution in [3.8, 4) is 11.3 Å². The summed E-state index contributed by atoms with van der Waals surface area (Å²) in [4.78, 5) is 5.33. The van der Waals surface area contributed by atoms with Crippen molar-refractivity contribution in [1.82, 2.24) is 15.2 Å². The molecule has 0 amide bonds. The Balaban J connectivity index is 1.73. The first kappa shape index (κ1) is 11.9. The molecule has 5 heteroatoms. The van der Waals surface area contributed by atoms with Crippen LogP contribution in [0, 0.1) is 0 Å². The second-order valence-electron chi connectivity index (χ2n) is 4.32. The van der Waals surface area contributed by atoms with Gasteiger partial charge in [-0.2, -0.15) is 5.10 Å². The normalized spacial score (nSPS) is 12.3. The van der Waals surface area contributed by atoms with Crippen molar-refractivity contribution in [3.63, 3.8) is 0 Å². The van der Waals surface area contributed by atoms with Gasteiger partial charge in [0.1, 0.15) is 0 Å². The van der Waals surface area contributed by atoms with Crippen LogP contribution in [0.1, 0.15) is 17.8 Å². The molecular formula is C14H14N4S. The van der Waals surface area contributed by atoms with E-state index in [-0.39, 0.29) is 6.04 Å². The molecule has 0 fully saturated rings. The Morgan fingerprint density at radius 1 is 1.21 bits per heavy atom. The number of anilines is 1. The Bertz CT molecular complexity index is 614. The Kier molecular flexibility index (Phi) is 3.29. The summed E-state index contributed by atoms with van der Waals surface area (Å²) in [6.07, 6.45) is 3.66. The minimum Gasteiger partial charge on any atom is -0.378 e. The second-order valence-corrected chi connectivity index (χ2v) is 5.24. The molecule has 4 nitrogen and oxygen atoms in total. The van der Waals surface area contributed by atoms with E-state index < -0.39 is 0 Å². The molecule has 0 saturated carbocycles. The molecule has 3 aromatic rings. The summed E-state index contributed by atoms with van der Waals surface area (Å²) in [6, 6.07) is 10.5. The maximum atomic E-state index is 4.10. The topological polar surface area (TPSA) is 53.6 Å². The standard InChI is InChI=1S/C14H14N4S/c1-10(14-8-15-9-19-14)17-12-4-2-11(3-5-12)13-6-7-16-18-13/h2-10,17H,1H3,(H,16,18). The third kappa shape index (κ3) is 2.66. The molecule has 0 saturated heterocycles. The van der Waals surface area contributed by atoms with Crippen molar-refractivity contribution in [2.24, 2.45) is 0 Å². The SMILES string of the molecule is CC(Nc1ccc(-c2ccn[nH]2)cc1)c1cncs1. The first-order chi connectivity index (χ1) is 9.33. The fourth-order valence-corrected chi connectivity index (χ4v) is 2.55. The van der Waals surface area contributed by atoms with Crippen LogP contribution in [0.15, 0.2) is 48.2 Å². The van der Waals surface area contributed by atoms with Crippen molar-refractivity contribution < 1.29 is 0 Å². The summed E-state index contributed by atoms with van der Waals surface area (Å²) < 4.78 is 0. The van der Waals surface area contributed by atoms with E-state index in [2.05, 4.69) is 51.7 Å². The largest absolute Gasteiger partial charge is 0.378 e. The molecule has 2 N–H and O–H groups in total. The van der Waals surface area contributed by atoms with Crippen LogP contribution in [0.25, 0.3) is 11.3 Å². The lowest BCUT2D eigenvalue weighted by Crippen LogP contribution is -2.04. The number of hydrogen-bond acceptors (Lipinski definition) is 4. The predicted molar refractivity (Wildman–Crippen MR) is 78.2 cm³/mol. The zero-order valence-corrected chi connectivity index (χ0v) is 11.3. The average Bonchev–Trinajstić information content (AvgIpc) is 3.13. The van der Waals surface area contributed by atoms with Crippen molar-refractivity contribution in [2.45, 2.75) is 13.0 Å². The van der Waals surface area contributed by atoms with Crippen LogP contribution in [0.4, 0.5) is 5.69 Å². The molecule has 19 heavy (non-hydrogen) atoms. The smallest absolute Gasteiger partial charge is 0.0795 e. The molecule has 1 atom stereocenters. The van der Waals surface area contributed by atoms with E-state index in [1.165, 1.54) is 4.88 Å². The summed E-state index contributed by atoms with van der Waals surface area (Å²) in [5.41, 5.74) is 5.12. The lowest BCUT2D eigenvalue weighted by Gasteiger charge is -2.13. The molecule has 0 spiro atoms. The van der Waals surface area contributed by atoms with E-state index in [1.54, 1.807) is 17.5 Å². The fraction of sp³-hybridized carbons (Fsp3) is 0.143. The van der Waals surface area contributed by atoms with Crippen molar-refractivity contribution in [1.29, 1.82) is 0 Å². The number of benzene rings is 1. The first-order valence-corrected chi connectivity index (χ1v) is 6.95. The Morgan fingerprint density at radius 3 is 2.68 bits per heavy atom. The minimum absolute atomic E-state index is 0.269. The van der Waals surface area contributed by atoms with E-state index in [1.807, 2.05) is 17.8 Å². The van der Waals surface area contributed by atoms with Gasteiger partial charge in [-0.15, -0.1) is 11.3 Å². The maximum Gasteiger partial charge on any atom is 0.0795 e. The molecule has 3 rings (SSSR count). The second kappa shape index (κ2) is 5.24. The zero-order valence-electron chi connectivity index (χ0n) is 10.5. The van der Waals surface area contributed by atoms with Crippen LogP contribution in [0.2, 0.25) is 0 Å². The number of aromatic amines is 1. The highest BCUT2D eigenvalue weighted by Gasteiger charge is 2.07. The van der Waals surface area contributed by atoms with Gasteiger partial charge in [0.05, 0.1) is 17.2 Å². The van der Waals surface area contributed by atoms with Gasteiger partial charge < -0.3 is 5.32 Å². The Morgan fingerprint density at radius 2 is 2.05 bits per heavy atom. The van der Waals surface area contributed by atoms with Gasteiger partial charge >= 0.3 is 0 Å². The molecule has 0 aliphatic carbocycles. The van der Waals surface area contributed by atoms with Crippen LogP contribution in [0.3, 0.4) is 0 Å². The lowest BCUT2D eigenvalue weighted by molar-refractivity contribution is 0.904. The Labute approximate surface area is 115 Å². The number of aromatic nitrogens is 3. The van der Waals surface area contributed by atoms with Gasteiger partial charge in [-0.25, -0.2) is 0 Å². The molecule has 0 bridgehead atoms. The van der Waals surface area contributed by atoms with Gasteiger partial charge in [-0.1, -0.05) is 12.1 Å². The molecule has 0 aliphatic rings. The highest BCUT2D eigenvalue weighted by atomic mass is 32.1. The first-order valence-electron chi connectivity index (χ1n) is 6.07. The molecule has 2 aromatic heterocycles. The van der Waals surface area contributed by atoms with Gasteiger partial charge in [0, 0.05) is 23.0 Å². The molecular weight excluding hydrogens is 256 g/mol. The summed E-state index contributed by atoms with van der Waals surface area (Å²) in [5, 5.41) is 10.4. The van der Waals surface area contributed by atoms with Crippen LogP contribution in [-0.4, -0.2) is 15.2 Å². The number of nitrogens with zero attached hydrogens (tertiary/aromatic N) is 2. The lowest BCUT2D eigenvalue weighted by atomic mass is 10.1. The van der Waals surface area contributed by atoms with Gasteiger partial charge in [0.15, 0.2) is 0 Å². The third-order valence-electron chi connectivity index (χ3n) is 2.96. The number of thiazole rings is 1. The third-order valence-corrected chi connectivity index (χ3v) is 3.92. The van der Waals surface area contributed by atoms with E-state index in [9.17, 15) is 0 Å². The number of hydrogen-bond donors (Lipinski definition) is 2. The molecule has 96 valence electrons. The molecule has 1 aromatic carbocycles. The minimum atomic E-state index is 0.269. The fourth-order valence-electron chi connectivity index (χ4n) is 1.92. The van der Waals surface area contributed by atoms with E-state index in [4.69, 9.17) is 0 Å².